The zero-order chi connectivity index (χ0) is 17.8. The molecule has 0 bridgehead atoms. The summed E-state index contributed by atoms with van der Waals surface area (Å²) in [6, 6.07) is 13.9. The lowest BCUT2D eigenvalue weighted by atomic mass is 9.93. The van der Waals surface area contributed by atoms with Gasteiger partial charge in [0.05, 0.1) is 24.8 Å². The van der Waals surface area contributed by atoms with Crippen LogP contribution in [0.1, 0.15) is 35.8 Å². The van der Waals surface area contributed by atoms with Gasteiger partial charge in [-0.1, -0.05) is 18.2 Å². The second kappa shape index (κ2) is 7.66. The van der Waals surface area contributed by atoms with Crippen molar-refractivity contribution in [2.75, 3.05) is 20.2 Å². The molecule has 1 fully saturated rings. The minimum atomic E-state index is -0.713. The molecule has 2 aromatic rings. The van der Waals surface area contributed by atoms with Crippen LogP contribution in [0.15, 0.2) is 42.5 Å². The second-order valence-corrected chi connectivity index (χ2v) is 6.55. The molecule has 132 valence electrons. The Balaban J connectivity index is 1.97. The van der Waals surface area contributed by atoms with Crippen LogP contribution in [0.2, 0.25) is 0 Å². The molecule has 25 heavy (non-hydrogen) atoms. The molecule has 1 aliphatic rings. The van der Waals surface area contributed by atoms with E-state index in [-0.39, 0.29) is 12.0 Å². The van der Waals surface area contributed by atoms with Crippen molar-refractivity contribution in [3.05, 3.63) is 59.4 Å². The SMILES string of the molecule is COc1ccc(C(c2cccc(C)n2)N2CCCC(C(=O)O)C2)cc1. The first-order chi connectivity index (χ1) is 12.1. The number of pyridine rings is 1. The summed E-state index contributed by atoms with van der Waals surface area (Å²) in [5.74, 6) is -0.226. The van der Waals surface area contributed by atoms with E-state index in [0.29, 0.717) is 6.54 Å². The Morgan fingerprint density at radius 1 is 1.28 bits per heavy atom. The van der Waals surface area contributed by atoms with E-state index >= 15 is 0 Å². The fraction of sp³-hybridized carbons (Fsp3) is 0.400. The van der Waals surface area contributed by atoms with Crippen LogP contribution in [-0.2, 0) is 4.79 Å². The van der Waals surface area contributed by atoms with Crippen molar-refractivity contribution in [2.24, 2.45) is 5.92 Å². The number of ether oxygens (including phenoxy) is 1. The third kappa shape index (κ3) is 3.99. The third-order valence-corrected chi connectivity index (χ3v) is 4.79. The Morgan fingerprint density at radius 3 is 2.68 bits per heavy atom. The number of likely N-dealkylation sites (tertiary alicyclic amines) is 1. The molecule has 0 spiro atoms. The maximum absolute atomic E-state index is 11.5. The van der Waals surface area contributed by atoms with Gasteiger partial charge >= 0.3 is 5.97 Å². The van der Waals surface area contributed by atoms with E-state index in [1.807, 2.05) is 49.4 Å². The highest BCUT2D eigenvalue weighted by Gasteiger charge is 2.31. The van der Waals surface area contributed by atoms with Gasteiger partial charge in [-0.05, 0) is 56.1 Å². The summed E-state index contributed by atoms with van der Waals surface area (Å²) in [7, 11) is 1.65. The molecular formula is C20H24N2O3. The molecule has 0 amide bonds. The minimum Gasteiger partial charge on any atom is -0.497 e. The number of carboxylic acid groups (broad SMARTS) is 1. The van der Waals surface area contributed by atoms with Crippen LogP contribution >= 0.6 is 0 Å². The van der Waals surface area contributed by atoms with Crippen molar-refractivity contribution >= 4 is 5.97 Å². The number of hydrogen-bond donors (Lipinski definition) is 1. The van der Waals surface area contributed by atoms with Crippen LogP contribution in [-0.4, -0.2) is 41.2 Å². The maximum atomic E-state index is 11.5. The normalized spacial score (nSPS) is 19.4. The zero-order valence-electron chi connectivity index (χ0n) is 14.7. The summed E-state index contributed by atoms with van der Waals surface area (Å²) in [5, 5.41) is 9.43. The molecule has 0 saturated carbocycles. The molecule has 5 heteroatoms. The maximum Gasteiger partial charge on any atom is 0.307 e. The standard InChI is InChI=1S/C20H24N2O3/c1-14-5-3-7-18(21-14)19(15-8-10-17(25-2)11-9-15)22-12-4-6-16(13-22)20(23)24/h3,5,7-11,16,19H,4,6,12-13H2,1-2H3,(H,23,24). The predicted molar refractivity (Wildman–Crippen MR) is 95.7 cm³/mol. The van der Waals surface area contributed by atoms with Crippen LogP contribution < -0.4 is 4.74 Å². The molecule has 3 rings (SSSR count). The lowest BCUT2D eigenvalue weighted by molar-refractivity contribution is -0.143. The second-order valence-electron chi connectivity index (χ2n) is 6.55. The Labute approximate surface area is 148 Å². The Kier molecular flexibility index (Phi) is 5.34. The van der Waals surface area contributed by atoms with Crippen LogP contribution in [0.25, 0.3) is 0 Å². The van der Waals surface area contributed by atoms with E-state index in [1.54, 1.807) is 7.11 Å². The van der Waals surface area contributed by atoms with Crippen molar-refractivity contribution in [3.63, 3.8) is 0 Å². The van der Waals surface area contributed by atoms with Gasteiger partial charge in [0.25, 0.3) is 0 Å². The number of aryl methyl sites for hydroxylation is 1. The summed E-state index contributed by atoms with van der Waals surface area (Å²) in [5.41, 5.74) is 3.02. The van der Waals surface area contributed by atoms with Gasteiger partial charge in [-0.3, -0.25) is 14.7 Å². The average Bonchev–Trinajstić information content (AvgIpc) is 2.63. The number of aromatic nitrogens is 1. The first kappa shape index (κ1) is 17.4. The minimum absolute atomic E-state index is 0.0482. The van der Waals surface area contributed by atoms with E-state index in [1.165, 1.54) is 0 Å². The number of piperidine rings is 1. The van der Waals surface area contributed by atoms with Crippen LogP contribution in [0.4, 0.5) is 0 Å². The quantitative estimate of drug-likeness (QED) is 0.905. The van der Waals surface area contributed by atoms with Crippen molar-refractivity contribution in [1.29, 1.82) is 0 Å². The summed E-state index contributed by atoms with van der Waals surface area (Å²) in [6.07, 6.45) is 1.62. The Morgan fingerprint density at radius 2 is 2.04 bits per heavy atom. The Bertz CT molecular complexity index is 730. The fourth-order valence-electron chi connectivity index (χ4n) is 3.51. The van der Waals surface area contributed by atoms with Crippen molar-refractivity contribution < 1.29 is 14.6 Å². The predicted octanol–water partition coefficient (Wildman–Crippen LogP) is 3.28. The van der Waals surface area contributed by atoms with Gasteiger partial charge < -0.3 is 9.84 Å². The van der Waals surface area contributed by atoms with Crippen molar-refractivity contribution in [1.82, 2.24) is 9.88 Å². The molecule has 2 atom stereocenters. The highest BCUT2D eigenvalue weighted by Crippen LogP contribution is 2.32. The van der Waals surface area contributed by atoms with Gasteiger partial charge in [0, 0.05) is 12.2 Å². The molecule has 1 N–H and O–H groups in total. The first-order valence-corrected chi connectivity index (χ1v) is 8.63. The molecule has 0 radical (unpaired) electrons. The average molecular weight is 340 g/mol. The number of aliphatic carboxylic acids is 1. The fourth-order valence-corrected chi connectivity index (χ4v) is 3.51. The smallest absolute Gasteiger partial charge is 0.307 e. The van der Waals surface area contributed by atoms with E-state index in [2.05, 4.69) is 4.90 Å². The molecule has 2 unspecified atom stereocenters. The zero-order valence-corrected chi connectivity index (χ0v) is 14.7. The van der Waals surface area contributed by atoms with Gasteiger partial charge in [0.15, 0.2) is 0 Å². The molecule has 1 aromatic heterocycles. The van der Waals surface area contributed by atoms with E-state index in [4.69, 9.17) is 9.72 Å². The number of carbonyl (C=O) groups is 1. The topological polar surface area (TPSA) is 62.7 Å². The molecular weight excluding hydrogens is 316 g/mol. The number of rotatable bonds is 5. The number of nitrogens with zero attached hydrogens (tertiary/aromatic N) is 2. The largest absolute Gasteiger partial charge is 0.497 e. The number of benzene rings is 1. The number of hydrogen-bond acceptors (Lipinski definition) is 4. The van der Waals surface area contributed by atoms with E-state index < -0.39 is 5.97 Å². The van der Waals surface area contributed by atoms with E-state index in [0.717, 1.165) is 42.1 Å². The highest BCUT2D eigenvalue weighted by molar-refractivity contribution is 5.70. The summed E-state index contributed by atoms with van der Waals surface area (Å²) in [6.45, 7) is 3.39. The molecule has 2 heterocycles. The lowest BCUT2D eigenvalue weighted by Crippen LogP contribution is -2.41. The van der Waals surface area contributed by atoms with Gasteiger partial charge in [-0.25, -0.2) is 0 Å². The van der Waals surface area contributed by atoms with Gasteiger partial charge in [-0.2, -0.15) is 0 Å². The first-order valence-electron chi connectivity index (χ1n) is 8.63. The number of carboxylic acids is 1. The lowest BCUT2D eigenvalue weighted by Gasteiger charge is -2.37. The van der Waals surface area contributed by atoms with Crippen molar-refractivity contribution in [3.8, 4) is 5.75 Å². The van der Waals surface area contributed by atoms with Crippen molar-refractivity contribution in [2.45, 2.75) is 25.8 Å². The van der Waals surface area contributed by atoms with Gasteiger partial charge in [0.2, 0.25) is 0 Å². The molecule has 1 aromatic carbocycles. The van der Waals surface area contributed by atoms with Crippen LogP contribution in [0.5, 0.6) is 5.75 Å². The summed E-state index contributed by atoms with van der Waals surface area (Å²) >= 11 is 0. The summed E-state index contributed by atoms with van der Waals surface area (Å²) < 4.78 is 5.26. The van der Waals surface area contributed by atoms with Crippen LogP contribution in [0, 0.1) is 12.8 Å². The summed E-state index contributed by atoms with van der Waals surface area (Å²) in [4.78, 5) is 18.4. The van der Waals surface area contributed by atoms with E-state index in [9.17, 15) is 9.90 Å². The van der Waals surface area contributed by atoms with Crippen LogP contribution in [0.3, 0.4) is 0 Å². The Hall–Kier alpha value is -2.40. The monoisotopic (exact) mass is 340 g/mol. The number of methoxy groups -OCH3 is 1. The third-order valence-electron chi connectivity index (χ3n) is 4.79. The van der Waals surface area contributed by atoms with Gasteiger partial charge in [-0.15, -0.1) is 0 Å². The molecule has 5 nitrogen and oxygen atoms in total. The molecule has 0 aliphatic carbocycles. The highest BCUT2D eigenvalue weighted by atomic mass is 16.5. The molecule has 1 aliphatic heterocycles. The van der Waals surface area contributed by atoms with Gasteiger partial charge in [0.1, 0.15) is 5.75 Å². The molecule has 1 saturated heterocycles.